The maximum Gasteiger partial charge on any atom is 0.337 e. The third-order valence-electron chi connectivity index (χ3n) is 13.8. The number of hydrogen-bond acceptors (Lipinski definition) is 12. The SMILES string of the molecule is C=C(C(=O)OC)c1ccc(OCCCCCCCCCCCOCC(COCCCCCCCCCCCOc2ccc(C(=C)C(=O)OC)cc2)OCCCCCCCCCCCOc2ccc(C(=C)C(=O)OC)cc2)cc1. The lowest BCUT2D eigenvalue weighted by Crippen LogP contribution is -2.26. The van der Waals surface area contributed by atoms with Gasteiger partial charge in [-0.3, -0.25) is 0 Å². The lowest BCUT2D eigenvalue weighted by atomic mass is 10.1. The van der Waals surface area contributed by atoms with E-state index >= 15 is 0 Å². The van der Waals surface area contributed by atoms with Gasteiger partial charge >= 0.3 is 17.9 Å². The van der Waals surface area contributed by atoms with Crippen LogP contribution in [0.1, 0.15) is 190 Å². The van der Waals surface area contributed by atoms with Crippen molar-refractivity contribution >= 4 is 34.6 Å². The van der Waals surface area contributed by atoms with Crippen molar-refractivity contribution in [3.8, 4) is 17.2 Å². The number of methoxy groups -OCH3 is 3. The summed E-state index contributed by atoms with van der Waals surface area (Å²) in [5, 5.41) is 0. The summed E-state index contributed by atoms with van der Waals surface area (Å²) in [7, 11) is 4.07. The summed E-state index contributed by atoms with van der Waals surface area (Å²) in [5.41, 5.74) is 3.24. The Balaban J connectivity index is 1.19. The molecular formula is C66H98O12. The zero-order valence-electron chi connectivity index (χ0n) is 48.3. The second kappa shape index (κ2) is 44.4. The minimum atomic E-state index is -0.425. The zero-order valence-corrected chi connectivity index (χ0v) is 48.3. The summed E-state index contributed by atoms with van der Waals surface area (Å²) in [6.07, 6.45) is 32.0. The fraction of sp³-hybridized carbons (Fsp3) is 0.591. The molecule has 0 fully saturated rings. The van der Waals surface area contributed by atoms with Gasteiger partial charge in [0.1, 0.15) is 23.4 Å². The van der Waals surface area contributed by atoms with Gasteiger partial charge in [0.2, 0.25) is 0 Å². The molecule has 0 aliphatic carbocycles. The molecular weight excluding hydrogens is 985 g/mol. The second-order valence-corrected chi connectivity index (χ2v) is 20.2. The lowest BCUT2D eigenvalue weighted by molar-refractivity contribution is -0.134. The average Bonchev–Trinajstić information content (AvgIpc) is 3.48. The Morgan fingerprint density at radius 1 is 0.321 bits per heavy atom. The van der Waals surface area contributed by atoms with Crippen molar-refractivity contribution in [3.05, 3.63) is 109 Å². The largest absolute Gasteiger partial charge is 0.494 e. The topological polar surface area (TPSA) is 134 Å². The molecule has 0 unspecified atom stereocenters. The van der Waals surface area contributed by atoms with Crippen molar-refractivity contribution in [1.82, 2.24) is 0 Å². The molecule has 3 aromatic carbocycles. The van der Waals surface area contributed by atoms with Gasteiger partial charge < -0.3 is 42.6 Å². The second-order valence-electron chi connectivity index (χ2n) is 20.2. The van der Waals surface area contributed by atoms with E-state index < -0.39 is 17.9 Å². The maximum absolute atomic E-state index is 11.7. The average molecular weight is 1080 g/mol. The molecule has 0 atom stereocenters. The van der Waals surface area contributed by atoms with Crippen LogP contribution >= 0.6 is 0 Å². The fourth-order valence-corrected chi connectivity index (χ4v) is 8.90. The first-order valence-electron chi connectivity index (χ1n) is 29.4. The Kier molecular flexibility index (Phi) is 38.1. The Morgan fingerprint density at radius 2 is 0.538 bits per heavy atom. The highest BCUT2D eigenvalue weighted by atomic mass is 16.6. The third-order valence-corrected chi connectivity index (χ3v) is 13.8. The molecule has 0 aliphatic heterocycles. The molecule has 0 saturated carbocycles. The van der Waals surface area contributed by atoms with Crippen molar-refractivity contribution in [3.63, 3.8) is 0 Å². The van der Waals surface area contributed by atoms with Crippen LogP contribution in [0.2, 0.25) is 0 Å². The van der Waals surface area contributed by atoms with Crippen LogP contribution in [0.25, 0.3) is 16.7 Å². The Labute approximate surface area is 470 Å². The van der Waals surface area contributed by atoms with Crippen LogP contribution < -0.4 is 14.2 Å². The molecule has 0 amide bonds. The van der Waals surface area contributed by atoms with E-state index in [9.17, 15) is 14.4 Å². The molecule has 0 heterocycles. The van der Waals surface area contributed by atoms with E-state index in [0.29, 0.717) is 49.8 Å². The quantitative estimate of drug-likeness (QED) is 0.0230. The van der Waals surface area contributed by atoms with Gasteiger partial charge in [0.25, 0.3) is 0 Å². The van der Waals surface area contributed by atoms with Crippen molar-refractivity contribution in [2.75, 3.05) is 74.2 Å². The summed E-state index contributed by atoms with van der Waals surface area (Å²) >= 11 is 0. The van der Waals surface area contributed by atoms with Crippen LogP contribution in [0.4, 0.5) is 0 Å². The van der Waals surface area contributed by atoms with Gasteiger partial charge in [-0.25, -0.2) is 14.4 Å². The molecule has 3 aromatic rings. The Bertz CT molecular complexity index is 1960. The van der Waals surface area contributed by atoms with E-state index in [4.69, 9.17) is 42.6 Å². The first-order chi connectivity index (χ1) is 38.2. The first-order valence-corrected chi connectivity index (χ1v) is 29.4. The van der Waals surface area contributed by atoms with Crippen molar-refractivity contribution in [2.24, 2.45) is 0 Å². The van der Waals surface area contributed by atoms with Gasteiger partial charge in [0.15, 0.2) is 0 Å². The summed E-state index contributed by atoms with van der Waals surface area (Å²) in [6, 6.07) is 22.3. The van der Waals surface area contributed by atoms with Crippen LogP contribution in [-0.2, 0) is 42.8 Å². The minimum Gasteiger partial charge on any atom is -0.494 e. The zero-order chi connectivity index (χ0) is 56.1. The molecule has 0 aromatic heterocycles. The molecule has 12 nitrogen and oxygen atoms in total. The highest BCUT2D eigenvalue weighted by Crippen LogP contribution is 2.23. The molecule has 0 bridgehead atoms. The van der Waals surface area contributed by atoms with Crippen LogP contribution in [0.5, 0.6) is 17.2 Å². The van der Waals surface area contributed by atoms with Gasteiger partial charge in [-0.15, -0.1) is 0 Å². The van der Waals surface area contributed by atoms with Crippen LogP contribution in [0, 0.1) is 0 Å². The van der Waals surface area contributed by atoms with E-state index in [0.717, 1.165) is 112 Å². The molecule has 78 heavy (non-hydrogen) atoms. The molecule has 3 rings (SSSR count). The standard InChI is InChI=1S/C66H98O12/c1-54(64(67)70-4)57-34-40-60(41-35-57)75-48-30-24-18-12-7-10-16-22-28-46-73-52-63(78-51-33-27-21-15-9-14-20-26-32-50-77-62-44-38-59(39-45-62)56(3)66(69)72-6)53-74-47-29-23-17-11-8-13-19-25-31-49-76-61-42-36-58(37-43-61)55(2)65(68)71-5/h34-45,63H,1-3,7-33,46-53H2,4-6H3. The Morgan fingerprint density at radius 3 is 0.782 bits per heavy atom. The molecule has 0 radical (unpaired) electrons. The lowest BCUT2D eigenvalue weighted by Gasteiger charge is -2.18. The predicted molar refractivity (Wildman–Crippen MR) is 315 cm³/mol. The molecule has 434 valence electrons. The highest BCUT2D eigenvalue weighted by molar-refractivity contribution is 6.16. The molecule has 0 N–H and O–H groups in total. The van der Waals surface area contributed by atoms with Crippen molar-refractivity contribution in [1.29, 1.82) is 0 Å². The van der Waals surface area contributed by atoms with Crippen molar-refractivity contribution < 1.29 is 57.0 Å². The van der Waals surface area contributed by atoms with Crippen molar-refractivity contribution in [2.45, 2.75) is 179 Å². The normalized spacial score (nSPS) is 11.1. The maximum atomic E-state index is 11.7. The summed E-state index contributed by atoms with van der Waals surface area (Å²) in [4.78, 5) is 35.1. The Hall–Kier alpha value is -5.43. The van der Waals surface area contributed by atoms with Gasteiger partial charge in [-0.2, -0.15) is 0 Å². The number of benzene rings is 3. The number of ether oxygens (including phenoxy) is 9. The molecule has 12 heteroatoms. The van der Waals surface area contributed by atoms with Gasteiger partial charge in [-0.05, 0) is 91.6 Å². The smallest absolute Gasteiger partial charge is 0.337 e. The van der Waals surface area contributed by atoms with Crippen LogP contribution in [-0.4, -0.2) is 98.2 Å². The molecule has 0 spiro atoms. The van der Waals surface area contributed by atoms with Crippen LogP contribution in [0.15, 0.2) is 92.5 Å². The van der Waals surface area contributed by atoms with E-state index in [1.54, 1.807) is 0 Å². The summed E-state index contributed by atoms with van der Waals surface area (Å²) in [6.45, 7) is 16.9. The van der Waals surface area contributed by atoms with Crippen LogP contribution in [0.3, 0.4) is 0 Å². The number of carbonyl (C=O) groups excluding carboxylic acids is 3. The minimum absolute atomic E-state index is 0.0335. The number of unbranched alkanes of at least 4 members (excludes halogenated alkanes) is 24. The number of rotatable bonds is 50. The number of hydrogen-bond donors (Lipinski definition) is 0. The van der Waals surface area contributed by atoms with E-state index in [-0.39, 0.29) is 6.10 Å². The number of carbonyl (C=O) groups is 3. The van der Waals surface area contributed by atoms with Gasteiger partial charge in [0.05, 0.1) is 71.1 Å². The van der Waals surface area contributed by atoms with Gasteiger partial charge in [-0.1, -0.05) is 191 Å². The number of esters is 3. The summed E-state index contributed by atoms with van der Waals surface area (Å²) < 4.78 is 50.6. The van der Waals surface area contributed by atoms with E-state index in [1.165, 1.54) is 137 Å². The molecule has 0 saturated heterocycles. The first kappa shape index (κ1) is 66.8. The monoisotopic (exact) mass is 1080 g/mol. The molecule has 0 aliphatic rings. The fourth-order valence-electron chi connectivity index (χ4n) is 8.90. The predicted octanol–water partition coefficient (Wildman–Crippen LogP) is 15.7. The van der Waals surface area contributed by atoms with Gasteiger partial charge in [0, 0.05) is 19.8 Å². The van der Waals surface area contributed by atoms with E-state index in [2.05, 4.69) is 19.7 Å². The third kappa shape index (κ3) is 31.2. The highest BCUT2D eigenvalue weighted by Gasteiger charge is 2.13. The summed E-state index contributed by atoms with van der Waals surface area (Å²) in [5.74, 6) is 1.13. The van der Waals surface area contributed by atoms with E-state index in [1.807, 2.05) is 72.8 Å².